The number of aromatic nitrogens is 4. The molecule has 2 aromatic rings. The van der Waals surface area contributed by atoms with Gasteiger partial charge in [-0.2, -0.15) is 4.68 Å². The lowest BCUT2D eigenvalue weighted by molar-refractivity contribution is 0.311. The molecule has 1 fully saturated rings. The number of halogens is 1. The third-order valence-corrected chi connectivity index (χ3v) is 3.89. The molecule has 0 amide bonds. The monoisotopic (exact) mass is 306 g/mol. The Labute approximate surface area is 129 Å². The van der Waals surface area contributed by atoms with Crippen molar-refractivity contribution in [3.8, 4) is 5.69 Å². The largest absolute Gasteiger partial charge is 0.338 e. The van der Waals surface area contributed by atoms with E-state index in [0.717, 1.165) is 50.8 Å². The second-order valence-corrected chi connectivity index (χ2v) is 5.48. The number of alkyl halides is 1. The van der Waals surface area contributed by atoms with Gasteiger partial charge in [-0.25, -0.2) is 0 Å². The molecule has 21 heavy (non-hydrogen) atoms. The molecule has 0 aliphatic carbocycles. The lowest BCUT2D eigenvalue weighted by atomic mass is 10.3. The standard InChI is InChI=1S/C14H19ClN6/c15-7-10-19-8-4-9-20(12-11-19)14-16-17-18-21(14)13-5-2-1-3-6-13/h1-3,5-6H,4,7-12H2. The minimum atomic E-state index is 0.682. The van der Waals surface area contributed by atoms with E-state index in [1.165, 1.54) is 0 Å². The molecular formula is C14H19ClN6. The normalized spacial score (nSPS) is 16.9. The van der Waals surface area contributed by atoms with E-state index in [0.29, 0.717) is 5.88 Å². The van der Waals surface area contributed by atoms with Crippen LogP contribution in [0.4, 0.5) is 5.95 Å². The lowest BCUT2D eigenvalue weighted by Gasteiger charge is -2.21. The van der Waals surface area contributed by atoms with E-state index in [-0.39, 0.29) is 0 Å². The summed E-state index contributed by atoms with van der Waals surface area (Å²) in [7, 11) is 0. The number of hydrogen-bond acceptors (Lipinski definition) is 5. The molecule has 0 atom stereocenters. The number of para-hydroxylation sites is 1. The summed E-state index contributed by atoms with van der Waals surface area (Å²) in [6.45, 7) is 4.90. The van der Waals surface area contributed by atoms with Gasteiger partial charge in [0.2, 0.25) is 5.95 Å². The van der Waals surface area contributed by atoms with E-state index >= 15 is 0 Å². The van der Waals surface area contributed by atoms with Crippen molar-refractivity contribution >= 4 is 17.5 Å². The fourth-order valence-corrected chi connectivity index (χ4v) is 2.87. The second kappa shape index (κ2) is 6.87. The minimum absolute atomic E-state index is 0.682. The van der Waals surface area contributed by atoms with Gasteiger partial charge in [-0.1, -0.05) is 23.3 Å². The lowest BCUT2D eigenvalue weighted by Crippen LogP contribution is -2.33. The van der Waals surface area contributed by atoms with Crippen molar-refractivity contribution in [3.05, 3.63) is 30.3 Å². The van der Waals surface area contributed by atoms with Crippen LogP contribution in [0, 0.1) is 0 Å². The topological polar surface area (TPSA) is 50.1 Å². The van der Waals surface area contributed by atoms with Crippen LogP contribution in [0.2, 0.25) is 0 Å². The van der Waals surface area contributed by atoms with Crippen molar-refractivity contribution in [3.63, 3.8) is 0 Å². The summed E-state index contributed by atoms with van der Waals surface area (Å²) < 4.78 is 1.80. The van der Waals surface area contributed by atoms with Gasteiger partial charge in [-0.05, 0) is 35.5 Å². The van der Waals surface area contributed by atoms with E-state index in [1.54, 1.807) is 4.68 Å². The Kier molecular flexibility index (Phi) is 4.67. The maximum Gasteiger partial charge on any atom is 0.250 e. The maximum absolute atomic E-state index is 5.84. The van der Waals surface area contributed by atoms with E-state index in [1.807, 2.05) is 30.3 Å². The minimum Gasteiger partial charge on any atom is -0.338 e. The molecule has 0 N–H and O–H groups in total. The zero-order valence-electron chi connectivity index (χ0n) is 11.9. The predicted octanol–water partition coefficient (Wildman–Crippen LogP) is 1.41. The Morgan fingerprint density at radius 3 is 2.71 bits per heavy atom. The van der Waals surface area contributed by atoms with Crippen molar-refractivity contribution in [2.45, 2.75) is 6.42 Å². The van der Waals surface area contributed by atoms with Crippen molar-refractivity contribution < 1.29 is 0 Å². The number of benzene rings is 1. The summed E-state index contributed by atoms with van der Waals surface area (Å²) in [6.07, 6.45) is 1.10. The van der Waals surface area contributed by atoms with Crippen molar-refractivity contribution in [2.24, 2.45) is 0 Å². The molecular weight excluding hydrogens is 288 g/mol. The summed E-state index contributed by atoms with van der Waals surface area (Å²) in [6, 6.07) is 10.00. The van der Waals surface area contributed by atoms with Gasteiger partial charge in [0.15, 0.2) is 0 Å². The quantitative estimate of drug-likeness (QED) is 0.800. The third kappa shape index (κ3) is 3.33. The molecule has 1 aliphatic rings. The number of anilines is 1. The van der Waals surface area contributed by atoms with E-state index in [9.17, 15) is 0 Å². The summed E-state index contributed by atoms with van der Waals surface area (Å²) >= 11 is 5.84. The van der Waals surface area contributed by atoms with Crippen molar-refractivity contribution in [1.29, 1.82) is 0 Å². The first-order chi connectivity index (χ1) is 10.4. The summed E-state index contributed by atoms with van der Waals surface area (Å²) in [5, 5.41) is 12.2. The summed E-state index contributed by atoms with van der Waals surface area (Å²) in [4.78, 5) is 4.64. The molecule has 2 heterocycles. The van der Waals surface area contributed by atoms with Gasteiger partial charge < -0.3 is 9.80 Å². The summed E-state index contributed by atoms with van der Waals surface area (Å²) in [5.74, 6) is 1.50. The van der Waals surface area contributed by atoms with Gasteiger partial charge in [0.25, 0.3) is 0 Å². The SMILES string of the molecule is ClCCN1CCCN(c2nnnn2-c2ccccc2)CC1. The predicted molar refractivity (Wildman–Crippen MR) is 83.1 cm³/mol. The van der Waals surface area contributed by atoms with Gasteiger partial charge in [0, 0.05) is 32.1 Å². The van der Waals surface area contributed by atoms with Crippen LogP contribution in [0.15, 0.2) is 30.3 Å². The zero-order valence-corrected chi connectivity index (χ0v) is 12.7. The molecule has 3 rings (SSSR count). The van der Waals surface area contributed by atoms with Crippen molar-refractivity contribution in [1.82, 2.24) is 25.1 Å². The molecule has 1 aromatic heterocycles. The number of hydrogen-bond donors (Lipinski definition) is 0. The first-order valence-electron chi connectivity index (χ1n) is 7.25. The van der Waals surface area contributed by atoms with Crippen LogP contribution in [0.5, 0.6) is 0 Å². The highest BCUT2D eigenvalue weighted by Gasteiger charge is 2.20. The van der Waals surface area contributed by atoms with E-state index < -0.39 is 0 Å². The zero-order chi connectivity index (χ0) is 14.5. The highest BCUT2D eigenvalue weighted by atomic mass is 35.5. The second-order valence-electron chi connectivity index (χ2n) is 5.10. The molecule has 1 aromatic carbocycles. The molecule has 0 spiro atoms. The highest BCUT2D eigenvalue weighted by molar-refractivity contribution is 6.18. The van der Waals surface area contributed by atoms with E-state index in [2.05, 4.69) is 25.3 Å². The third-order valence-electron chi connectivity index (χ3n) is 3.73. The molecule has 0 bridgehead atoms. The van der Waals surface area contributed by atoms with Gasteiger partial charge in [0.1, 0.15) is 0 Å². The molecule has 0 saturated carbocycles. The van der Waals surface area contributed by atoms with Crippen molar-refractivity contribution in [2.75, 3.05) is 43.5 Å². The Bertz CT molecular complexity index is 558. The van der Waals surface area contributed by atoms with Gasteiger partial charge in [-0.3, -0.25) is 0 Å². The van der Waals surface area contributed by atoms with Crippen LogP contribution in [0.1, 0.15) is 6.42 Å². The fourth-order valence-electron chi connectivity index (χ4n) is 2.63. The molecule has 1 aliphatic heterocycles. The number of nitrogens with zero attached hydrogens (tertiary/aromatic N) is 6. The van der Waals surface area contributed by atoms with Crippen LogP contribution in [-0.2, 0) is 0 Å². The summed E-state index contributed by atoms with van der Waals surface area (Å²) in [5.41, 5.74) is 0.986. The van der Waals surface area contributed by atoms with Gasteiger partial charge >= 0.3 is 0 Å². The molecule has 7 heteroatoms. The van der Waals surface area contributed by atoms with E-state index in [4.69, 9.17) is 11.6 Å². The molecule has 1 saturated heterocycles. The number of rotatable bonds is 4. The Morgan fingerprint density at radius 2 is 1.90 bits per heavy atom. The highest BCUT2D eigenvalue weighted by Crippen LogP contribution is 2.17. The van der Waals surface area contributed by atoms with Crippen LogP contribution in [0.25, 0.3) is 5.69 Å². The molecule has 0 radical (unpaired) electrons. The molecule has 112 valence electrons. The fraction of sp³-hybridized carbons (Fsp3) is 0.500. The Hall–Kier alpha value is -1.66. The Morgan fingerprint density at radius 1 is 1.05 bits per heavy atom. The van der Waals surface area contributed by atoms with Crippen LogP contribution >= 0.6 is 11.6 Å². The first kappa shape index (κ1) is 14.3. The van der Waals surface area contributed by atoms with Gasteiger partial charge in [-0.15, -0.1) is 11.6 Å². The molecule has 0 unspecified atom stereocenters. The number of tetrazole rings is 1. The molecule has 6 nitrogen and oxygen atoms in total. The smallest absolute Gasteiger partial charge is 0.250 e. The average molecular weight is 307 g/mol. The Balaban J connectivity index is 1.77. The van der Waals surface area contributed by atoms with Crippen LogP contribution in [0.3, 0.4) is 0 Å². The van der Waals surface area contributed by atoms with Gasteiger partial charge in [0.05, 0.1) is 5.69 Å². The van der Waals surface area contributed by atoms with Crippen LogP contribution in [-0.4, -0.2) is 63.7 Å². The maximum atomic E-state index is 5.84. The first-order valence-corrected chi connectivity index (χ1v) is 7.79. The van der Waals surface area contributed by atoms with Crippen LogP contribution < -0.4 is 4.90 Å². The average Bonchev–Trinajstić information content (AvgIpc) is 2.90.